The van der Waals surface area contributed by atoms with Gasteiger partial charge in [0.1, 0.15) is 6.67 Å². The lowest BCUT2D eigenvalue weighted by molar-refractivity contribution is 0.0133. The van der Waals surface area contributed by atoms with Crippen molar-refractivity contribution in [1.29, 1.82) is 0 Å². The third kappa shape index (κ3) is 4.69. The number of nitrogens with zero attached hydrogens (tertiary/aromatic N) is 3. The molecule has 2 aromatic carbocycles. The number of rotatable bonds is 5. The number of ether oxygens (including phenoxy) is 3. The Morgan fingerprint density at radius 2 is 1.87 bits per heavy atom. The molecule has 0 unspecified atom stereocenters. The van der Waals surface area contributed by atoms with Crippen LogP contribution >= 0.6 is 11.8 Å². The lowest BCUT2D eigenvalue weighted by atomic mass is 9.93. The van der Waals surface area contributed by atoms with Crippen LogP contribution in [-0.2, 0) is 15.2 Å². The Bertz CT molecular complexity index is 1510. The zero-order chi connectivity index (χ0) is 27.8. The molecule has 0 bridgehead atoms. The van der Waals surface area contributed by atoms with E-state index in [2.05, 4.69) is 4.74 Å². The van der Waals surface area contributed by atoms with Crippen LogP contribution in [0.4, 0.5) is 13.6 Å². The Morgan fingerprint density at radius 1 is 1.10 bits per heavy atom. The van der Waals surface area contributed by atoms with Crippen molar-refractivity contribution < 1.29 is 32.6 Å². The van der Waals surface area contributed by atoms with Gasteiger partial charge in [0.05, 0.1) is 13.2 Å². The number of halogens is 2. The highest BCUT2D eigenvalue weighted by molar-refractivity contribution is 7.98. The second-order valence-electron chi connectivity index (χ2n) is 9.17. The van der Waals surface area contributed by atoms with E-state index < -0.39 is 42.0 Å². The van der Waals surface area contributed by atoms with E-state index in [1.54, 1.807) is 11.0 Å². The van der Waals surface area contributed by atoms with Crippen LogP contribution in [0.15, 0.2) is 58.4 Å². The maximum atomic E-state index is 15.2. The molecular formula is C27H25F2N3O6S. The van der Waals surface area contributed by atoms with Crippen molar-refractivity contribution in [2.24, 2.45) is 0 Å². The smallest absolute Gasteiger partial charge is 0.451 e. The molecule has 2 aliphatic rings. The molecule has 39 heavy (non-hydrogen) atoms. The number of fused-ring (bicyclic) bond motifs is 3. The van der Waals surface area contributed by atoms with Crippen LogP contribution in [-0.4, -0.2) is 48.3 Å². The number of hydrogen-bond donors (Lipinski definition) is 0. The van der Waals surface area contributed by atoms with Crippen LogP contribution in [0.25, 0.3) is 0 Å². The third-order valence-electron chi connectivity index (χ3n) is 6.65. The van der Waals surface area contributed by atoms with E-state index in [0.29, 0.717) is 5.56 Å². The van der Waals surface area contributed by atoms with Gasteiger partial charge in [-0.1, -0.05) is 24.3 Å². The second-order valence-corrected chi connectivity index (χ2v) is 10.2. The first-order valence-corrected chi connectivity index (χ1v) is 13.1. The number of amides is 1. The number of thioether (sulfide) groups is 1. The van der Waals surface area contributed by atoms with Gasteiger partial charge in [0.2, 0.25) is 18.0 Å². The summed E-state index contributed by atoms with van der Waals surface area (Å²) in [6.45, 7) is 3.07. The molecule has 0 fully saturated rings. The van der Waals surface area contributed by atoms with E-state index in [1.807, 2.05) is 43.1 Å². The minimum atomic E-state index is -1.02. The van der Waals surface area contributed by atoms with Crippen molar-refractivity contribution >= 4 is 23.8 Å². The second kappa shape index (κ2) is 10.6. The monoisotopic (exact) mass is 557 g/mol. The van der Waals surface area contributed by atoms with Crippen molar-refractivity contribution in [3.8, 4) is 5.75 Å². The summed E-state index contributed by atoms with van der Waals surface area (Å²) in [6, 6.07) is 10.5. The zero-order valence-electron chi connectivity index (χ0n) is 21.4. The number of hydrogen-bond acceptors (Lipinski definition) is 8. The quantitative estimate of drug-likeness (QED) is 0.337. The zero-order valence-corrected chi connectivity index (χ0v) is 22.2. The Kier molecular flexibility index (Phi) is 7.21. The van der Waals surface area contributed by atoms with Crippen LogP contribution in [0.2, 0.25) is 0 Å². The Hall–Kier alpha value is -4.06. The SMILES string of the molecule is COC(=O)OCOc1c2n(ccc1=O)N([C@@H]1c3ccccc3SCc3c1ccc(F)c3F)CN(C(C)C)C2=O. The minimum absolute atomic E-state index is 0.0760. The maximum Gasteiger partial charge on any atom is 0.510 e. The van der Waals surface area contributed by atoms with E-state index in [0.717, 1.165) is 23.6 Å². The fourth-order valence-corrected chi connectivity index (χ4v) is 5.88. The standard InChI is InChI=1S/C27H25F2N3O6S/c1-15(2)30-13-32(31-11-10-20(33)25(24(31)26(30)34)37-14-38-27(35)36-3)23-16-8-9-19(28)22(29)18(16)12-39-21-7-5-4-6-17(21)23/h4-11,15,23H,12-14H2,1-3H3/t23-/m0/s1. The molecule has 0 saturated carbocycles. The van der Waals surface area contributed by atoms with Gasteiger partial charge in [-0.25, -0.2) is 13.6 Å². The minimum Gasteiger partial charge on any atom is -0.451 e. The molecule has 204 valence electrons. The van der Waals surface area contributed by atoms with Gasteiger partial charge >= 0.3 is 6.16 Å². The topological polar surface area (TPSA) is 90.3 Å². The first-order chi connectivity index (χ1) is 18.7. The fraction of sp³-hybridized carbons (Fsp3) is 0.296. The van der Waals surface area contributed by atoms with Crippen LogP contribution in [0.5, 0.6) is 5.75 Å². The molecular weight excluding hydrogens is 532 g/mol. The molecule has 9 nitrogen and oxygen atoms in total. The molecule has 3 aromatic rings. The molecule has 1 atom stereocenters. The molecule has 2 aliphatic heterocycles. The summed E-state index contributed by atoms with van der Waals surface area (Å²) >= 11 is 1.40. The summed E-state index contributed by atoms with van der Waals surface area (Å²) in [6.07, 6.45) is 0.427. The number of pyridine rings is 1. The van der Waals surface area contributed by atoms with Crippen LogP contribution in [0.1, 0.15) is 47.1 Å². The van der Waals surface area contributed by atoms with E-state index in [9.17, 15) is 18.8 Å². The molecule has 5 rings (SSSR count). The van der Waals surface area contributed by atoms with Crippen molar-refractivity contribution in [2.75, 3.05) is 25.6 Å². The van der Waals surface area contributed by atoms with Crippen molar-refractivity contribution in [3.63, 3.8) is 0 Å². The largest absolute Gasteiger partial charge is 0.510 e. The summed E-state index contributed by atoms with van der Waals surface area (Å²) < 4.78 is 45.7. The normalized spacial score (nSPS) is 16.3. The predicted molar refractivity (Wildman–Crippen MR) is 138 cm³/mol. The lowest BCUT2D eigenvalue weighted by Crippen LogP contribution is -2.57. The third-order valence-corrected chi connectivity index (χ3v) is 7.77. The fourth-order valence-electron chi connectivity index (χ4n) is 4.77. The predicted octanol–water partition coefficient (Wildman–Crippen LogP) is 4.40. The van der Waals surface area contributed by atoms with E-state index in [4.69, 9.17) is 9.47 Å². The Labute approximate surface area is 226 Å². The van der Waals surface area contributed by atoms with Gasteiger partial charge in [-0.3, -0.25) is 19.3 Å². The number of benzene rings is 2. The number of methoxy groups -OCH3 is 1. The van der Waals surface area contributed by atoms with Gasteiger partial charge in [-0.05, 0) is 37.1 Å². The van der Waals surface area contributed by atoms with E-state index in [-0.39, 0.29) is 35.5 Å². The van der Waals surface area contributed by atoms with Crippen molar-refractivity contribution in [1.82, 2.24) is 9.58 Å². The summed E-state index contributed by atoms with van der Waals surface area (Å²) in [7, 11) is 1.12. The summed E-state index contributed by atoms with van der Waals surface area (Å²) in [4.78, 5) is 40.4. The Balaban J connectivity index is 1.72. The summed E-state index contributed by atoms with van der Waals surface area (Å²) in [5.41, 5.74) is 0.894. The van der Waals surface area contributed by atoms with Gasteiger partial charge in [0.25, 0.3) is 5.91 Å². The van der Waals surface area contributed by atoms with E-state index >= 15 is 4.39 Å². The number of aromatic nitrogens is 1. The molecule has 3 heterocycles. The molecule has 0 radical (unpaired) electrons. The van der Waals surface area contributed by atoms with Crippen LogP contribution < -0.4 is 15.2 Å². The highest BCUT2D eigenvalue weighted by atomic mass is 32.2. The van der Waals surface area contributed by atoms with Gasteiger partial charge in [0, 0.05) is 34.5 Å². The van der Waals surface area contributed by atoms with Crippen molar-refractivity contribution in [3.05, 3.63) is 92.9 Å². The highest BCUT2D eigenvalue weighted by Gasteiger charge is 2.40. The molecule has 0 saturated heterocycles. The average Bonchev–Trinajstić information content (AvgIpc) is 3.09. The van der Waals surface area contributed by atoms with Gasteiger partial charge in [-0.2, -0.15) is 0 Å². The van der Waals surface area contributed by atoms with E-state index in [1.165, 1.54) is 28.7 Å². The number of carbonyl (C=O) groups excluding carboxylic acids is 2. The average molecular weight is 558 g/mol. The first-order valence-electron chi connectivity index (χ1n) is 12.1. The molecule has 1 amide bonds. The van der Waals surface area contributed by atoms with Gasteiger partial charge in [0.15, 0.2) is 17.3 Å². The van der Waals surface area contributed by atoms with Crippen LogP contribution in [0.3, 0.4) is 0 Å². The molecule has 0 N–H and O–H groups in total. The van der Waals surface area contributed by atoms with Crippen molar-refractivity contribution in [2.45, 2.75) is 36.6 Å². The molecule has 1 aromatic heterocycles. The summed E-state index contributed by atoms with van der Waals surface area (Å²) in [5.74, 6) is -2.45. The maximum absolute atomic E-state index is 15.2. The first kappa shape index (κ1) is 26.5. The van der Waals surface area contributed by atoms with Gasteiger partial charge < -0.3 is 19.1 Å². The van der Waals surface area contributed by atoms with Crippen LogP contribution in [0, 0.1) is 11.6 Å². The Morgan fingerprint density at radius 3 is 2.62 bits per heavy atom. The number of carbonyl (C=O) groups is 2. The molecule has 0 aliphatic carbocycles. The van der Waals surface area contributed by atoms with Gasteiger partial charge in [-0.15, -0.1) is 11.8 Å². The molecule has 0 spiro atoms. The highest BCUT2D eigenvalue weighted by Crippen LogP contribution is 2.44. The lowest BCUT2D eigenvalue weighted by Gasteiger charge is -2.45. The summed E-state index contributed by atoms with van der Waals surface area (Å²) in [5, 5.41) is 1.81. The molecule has 12 heteroatoms.